The van der Waals surface area contributed by atoms with Gasteiger partial charge in [0.2, 0.25) is 0 Å². The fraction of sp³-hybridized carbons (Fsp3) is 0.467. The van der Waals surface area contributed by atoms with Gasteiger partial charge in [0, 0.05) is 12.8 Å². The number of benzene rings is 1. The van der Waals surface area contributed by atoms with E-state index in [0.717, 1.165) is 6.42 Å². The van der Waals surface area contributed by atoms with E-state index in [1.165, 1.54) is 5.56 Å². The van der Waals surface area contributed by atoms with Gasteiger partial charge in [-0.15, -0.1) is 5.92 Å². The van der Waals surface area contributed by atoms with Crippen LogP contribution in [0.25, 0.3) is 0 Å². The molecule has 1 atom stereocenters. The monoisotopic (exact) mass is 232 g/mol. The van der Waals surface area contributed by atoms with Crippen LogP contribution >= 0.6 is 0 Å². The highest BCUT2D eigenvalue weighted by Crippen LogP contribution is 2.09. The first-order valence-corrected chi connectivity index (χ1v) is 5.87. The van der Waals surface area contributed by atoms with Gasteiger partial charge in [-0.05, 0) is 26.3 Å². The standard InChI is InChI=1S/C15H20O2/c1-13(17-15(2,3)16)9-7-8-12-14-10-5-4-6-11-14/h4-6,10-11,13,16H,9,12H2,1-3H3. The number of hydrogen-bond acceptors (Lipinski definition) is 2. The molecule has 0 fully saturated rings. The third-order valence-electron chi connectivity index (χ3n) is 2.14. The average molecular weight is 232 g/mol. The van der Waals surface area contributed by atoms with Crippen molar-refractivity contribution < 1.29 is 9.84 Å². The maximum Gasteiger partial charge on any atom is 0.160 e. The van der Waals surface area contributed by atoms with Crippen LogP contribution in [0, 0.1) is 11.8 Å². The quantitative estimate of drug-likeness (QED) is 0.639. The van der Waals surface area contributed by atoms with Crippen molar-refractivity contribution in [2.24, 2.45) is 0 Å². The Labute approximate surface area is 104 Å². The molecule has 0 heterocycles. The highest BCUT2D eigenvalue weighted by molar-refractivity contribution is 5.20. The van der Waals surface area contributed by atoms with E-state index < -0.39 is 5.79 Å². The van der Waals surface area contributed by atoms with E-state index in [4.69, 9.17) is 4.74 Å². The normalized spacial score (nSPS) is 12.7. The Balaban J connectivity index is 2.32. The van der Waals surface area contributed by atoms with E-state index >= 15 is 0 Å². The third-order valence-corrected chi connectivity index (χ3v) is 2.14. The summed E-state index contributed by atoms with van der Waals surface area (Å²) in [5.41, 5.74) is 1.22. The van der Waals surface area contributed by atoms with Crippen LogP contribution in [0.3, 0.4) is 0 Å². The molecule has 0 aromatic heterocycles. The van der Waals surface area contributed by atoms with Crippen molar-refractivity contribution in [3.63, 3.8) is 0 Å². The van der Waals surface area contributed by atoms with Gasteiger partial charge in [0.25, 0.3) is 0 Å². The van der Waals surface area contributed by atoms with Crippen LogP contribution in [0.4, 0.5) is 0 Å². The van der Waals surface area contributed by atoms with Crippen molar-refractivity contribution in [2.75, 3.05) is 0 Å². The molecule has 0 saturated heterocycles. The molecule has 0 radical (unpaired) electrons. The molecule has 0 saturated carbocycles. The number of hydrogen-bond donors (Lipinski definition) is 1. The van der Waals surface area contributed by atoms with Crippen molar-refractivity contribution >= 4 is 0 Å². The summed E-state index contributed by atoms with van der Waals surface area (Å²) in [5, 5.41) is 9.45. The fourth-order valence-corrected chi connectivity index (χ4v) is 1.51. The third kappa shape index (κ3) is 6.78. The second-order valence-electron chi connectivity index (χ2n) is 4.60. The Bertz CT molecular complexity index is 379. The lowest BCUT2D eigenvalue weighted by molar-refractivity contribution is -0.199. The first-order chi connectivity index (χ1) is 7.97. The van der Waals surface area contributed by atoms with E-state index in [2.05, 4.69) is 24.0 Å². The minimum Gasteiger partial charge on any atom is -0.366 e. The summed E-state index contributed by atoms with van der Waals surface area (Å²) in [6.07, 6.45) is 1.34. The summed E-state index contributed by atoms with van der Waals surface area (Å²) >= 11 is 0. The smallest absolute Gasteiger partial charge is 0.160 e. The highest BCUT2D eigenvalue weighted by Gasteiger charge is 2.15. The van der Waals surface area contributed by atoms with Crippen molar-refractivity contribution in [3.8, 4) is 11.8 Å². The summed E-state index contributed by atoms with van der Waals surface area (Å²) in [6, 6.07) is 10.1. The van der Waals surface area contributed by atoms with Crippen molar-refractivity contribution in [3.05, 3.63) is 35.9 Å². The Hall–Kier alpha value is -1.30. The largest absolute Gasteiger partial charge is 0.366 e. The molecule has 1 unspecified atom stereocenters. The second kappa shape index (κ2) is 6.44. The van der Waals surface area contributed by atoms with Crippen LogP contribution in [-0.2, 0) is 11.2 Å². The molecule has 92 valence electrons. The Morgan fingerprint density at radius 2 is 1.88 bits per heavy atom. The maximum atomic E-state index is 9.45. The van der Waals surface area contributed by atoms with E-state index in [0.29, 0.717) is 6.42 Å². The molecule has 2 nitrogen and oxygen atoms in total. The van der Waals surface area contributed by atoms with Gasteiger partial charge in [0.05, 0.1) is 6.10 Å². The van der Waals surface area contributed by atoms with Gasteiger partial charge in [-0.25, -0.2) is 0 Å². The van der Waals surface area contributed by atoms with Crippen LogP contribution < -0.4 is 0 Å². The van der Waals surface area contributed by atoms with Crippen molar-refractivity contribution in [2.45, 2.75) is 45.5 Å². The van der Waals surface area contributed by atoms with E-state index in [9.17, 15) is 5.11 Å². The molecule has 1 rings (SSSR count). The molecule has 2 heteroatoms. The van der Waals surface area contributed by atoms with Gasteiger partial charge in [-0.3, -0.25) is 0 Å². The highest BCUT2D eigenvalue weighted by atomic mass is 16.6. The Morgan fingerprint density at radius 1 is 1.24 bits per heavy atom. The molecule has 17 heavy (non-hydrogen) atoms. The molecule has 1 aromatic carbocycles. The first-order valence-electron chi connectivity index (χ1n) is 5.87. The van der Waals surface area contributed by atoms with E-state index in [1.807, 2.05) is 25.1 Å². The summed E-state index contributed by atoms with van der Waals surface area (Å²) in [4.78, 5) is 0. The minimum atomic E-state index is -1.08. The molecular formula is C15H20O2. The van der Waals surface area contributed by atoms with Gasteiger partial charge in [-0.2, -0.15) is 0 Å². The Morgan fingerprint density at radius 3 is 2.47 bits per heavy atom. The zero-order chi connectivity index (χ0) is 12.7. The first kappa shape index (κ1) is 13.8. The lowest BCUT2D eigenvalue weighted by atomic mass is 10.1. The van der Waals surface area contributed by atoms with Crippen LogP contribution in [0.5, 0.6) is 0 Å². The summed E-state index contributed by atoms with van der Waals surface area (Å²) in [7, 11) is 0. The molecular weight excluding hydrogens is 212 g/mol. The summed E-state index contributed by atoms with van der Waals surface area (Å²) < 4.78 is 5.34. The van der Waals surface area contributed by atoms with Gasteiger partial charge >= 0.3 is 0 Å². The molecule has 0 aliphatic heterocycles. The molecule has 0 bridgehead atoms. The number of ether oxygens (including phenoxy) is 1. The topological polar surface area (TPSA) is 29.5 Å². The molecule has 0 aliphatic rings. The predicted molar refractivity (Wildman–Crippen MR) is 69.4 cm³/mol. The zero-order valence-corrected chi connectivity index (χ0v) is 10.7. The lowest BCUT2D eigenvalue weighted by Crippen LogP contribution is -2.28. The second-order valence-corrected chi connectivity index (χ2v) is 4.60. The van der Waals surface area contributed by atoms with Gasteiger partial charge in [0.15, 0.2) is 5.79 Å². The SMILES string of the molecule is CC(CC#CCc1ccccc1)OC(C)(C)O. The number of aliphatic hydroxyl groups is 1. The summed E-state index contributed by atoms with van der Waals surface area (Å²) in [6.45, 7) is 5.16. The number of rotatable bonds is 4. The van der Waals surface area contributed by atoms with E-state index in [-0.39, 0.29) is 6.10 Å². The molecule has 0 amide bonds. The lowest BCUT2D eigenvalue weighted by Gasteiger charge is -2.22. The van der Waals surface area contributed by atoms with Gasteiger partial charge in [-0.1, -0.05) is 36.3 Å². The molecule has 0 aliphatic carbocycles. The van der Waals surface area contributed by atoms with Crippen molar-refractivity contribution in [1.29, 1.82) is 0 Å². The Kier molecular flexibility index (Phi) is 5.21. The van der Waals surface area contributed by atoms with Crippen LogP contribution in [0.15, 0.2) is 30.3 Å². The van der Waals surface area contributed by atoms with Gasteiger partial charge < -0.3 is 9.84 Å². The van der Waals surface area contributed by atoms with Gasteiger partial charge in [0.1, 0.15) is 0 Å². The van der Waals surface area contributed by atoms with Crippen LogP contribution in [0.1, 0.15) is 32.8 Å². The van der Waals surface area contributed by atoms with E-state index in [1.54, 1.807) is 13.8 Å². The maximum absolute atomic E-state index is 9.45. The fourth-order valence-electron chi connectivity index (χ4n) is 1.51. The van der Waals surface area contributed by atoms with Crippen LogP contribution in [0.2, 0.25) is 0 Å². The molecule has 0 spiro atoms. The van der Waals surface area contributed by atoms with Crippen LogP contribution in [-0.4, -0.2) is 17.0 Å². The predicted octanol–water partition coefficient (Wildman–Crippen LogP) is 2.76. The zero-order valence-electron chi connectivity index (χ0n) is 10.7. The molecule has 1 N–H and O–H groups in total. The summed E-state index contributed by atoms with van der Waals surface area (Å²) in [5.74, 6) is 5.09. The average Bonchev–Trinajstić information content (AvgIpc) is 2.23. The molecule has 1 aromatic rings. The van der Waals surface area contributed by atoms with Crippen molar-refractivity contribution in [1.82, 2.24) is 0 Å². The minimum absolute atomic E-state index is 0.0572.